The number of aryl methyl sites for hydroxylation is 2. The Morgan fingerprint density at radius 3 is 0.471 bits per heavy atom. The predicted octanol–water partition coefficient (Wildman–Crippen LogP) is 37.2. The maximum absolute atomic E-state index is 2.42. The number of nitrogens with zero attached hydrogens (tertiary/aromatic N) is 2. The first-order valence-electron chi connectivity index (χ1n) is 47.5. The molecular weight excluding hydrogens is 1640 g/mol. The number of rotatable bonds is 17. The van der Waals surface area contributed by atoms with Gasteiger partial charge in [0.25, 0.3) is 0 Å². The molecule has 0 atom stereocenters. The van der Waals surface area contributed by atoms with E-state index in [-0.39, 0.29) is 0 Å². The summed E-state index contributed by atoms with van der Waals surface area (Å²) in [5.74, 6) is 0. The van der Waals surface area contributed by atoms with E-state index in [1.807, 2.05) is 0 Å². The fraction of sp³-hybridized carbons (Fsp3) is 0.0299. The number of para-hydroxylation sites is 2. The van der Waals surface area contributed by atoms with Crippen LogP contribution in [-0.4, -0.2) is 9.13 Å². The molecule has 0 fully saturated rings. The Bertz CT molecular complexity index is 8770. The summed E-state index contributed by atoms with van der Waals surface area (Å²) in [4.78, 5) is 0. The van der Waals surface area contributed by atoms with E-state index in [9.17, 15) is 0 Å². The highest BCUT2D eigenvalue weighted by Crippen LogP contribution is 2.51. The Morgan fingerprint density at radius 1 is 0.110 bits per heavy atom. The first-order chi connectivity index (χ1) is 67.3. The van der Waals surface area contributed by atoms with Crippen LogP contribution in [0.25, 0.3) is 254 Å². The maximum Gasteiger partial charge on any atom is 0.0491 e. The van der Waals surface area contributed by atoms with E-state index in [1.54, 1.807) is 0 Å². The lowest BCUT2D eigenvalue weighted by molar-refractivity contribution is 0.827. The molecular formula is C134H94N2. The molecule has 0 saturated heterocycles. The molecule has 25 rings (SSSR count). The summed E-state index contributed by atoms with van der Waals surface area (Å²) in [6.07, 6.45) is 0. The molecule has 0 amide bonds. The third-order valence-corrected chi connectivity index (χ3v) is 28.1. The van der Waals surface area contributed by atoms with Crippen LogP contribution in [0, 0.1) is 0 Å². The second kappa shape index (κ2) is 35.4. The Morgan fingerprint density at radius 2 is 0.257 bits per heavy atom. The number of aromatic nitrogens is 2. The van der Waals surface area contributed by atoms with Crippen LogP contribution >= 0.6 is 0 Å². The fourth-order valence-electron chi connectivity index (χ4n) is 21.2. The van der Waals surface area contributed by atoms with Crippen LogP contribution < -0.4 is 0 Å². The summed E-state index contributed by atoms with van der Waals surface area (Å²) in [6.45, 7) is 6.34. The molecule has 0 bridgehead atoms. The van der Waals surface area contributed by atoms with Gasteiger partial charge in [-0.3, -0.25) is 0 Å². The van der Waals surface area contributed by atoms with Gasteiger partial charge in [0.2, 0.25) is 0 Å². The molecule has 136 heavy (non-hydrogen) atoms. The van der Waals surface area contributed by atoms with Crippen LogP contribution in [0.1, 0.15) is 13.8 Å². The summed E-state index contributed by atoms with van der Waals surface area (Å²) < 4.78 is 4.83. The lowest BCUT2D eigenvalue weighted by Gasteiger charge is -2.20. The van der Waals surface area contributed by atoms with Crippen molar-refractivity contribution in [2.75, 3.05) is 0 Å². The quantitative estimate of drug-likeness (QED) is 0.0804. The summed E-state index contributed by atoms with van der Waals surface area (Å²) in [7, 11) is 0. The lowest BCUT2D eigenvalue weighted by Crippen LogP contribution is -1.93. The largest absolute Gasteiger partial charge is 0.341 e. The minimum atomic E-state index is 0.944. The van der Waals surface area contributed by atoms with Crippen LogP contribution in [0.2, 0.25) is 0 Å². The maximum atomic E-state index is 2.42. The fourth-order valence-corrected chi connectivity index (χ4v) is 21.2. The molecule has 2 aromatic heterocycles. The molecule has 0 unspecified atom stereocenters. The number of hydrogen-bond donors (Lipinski definition) is 0. The second-order valence-corrected chi connectivity index (χ2v) is 35.8. The van der Waals surface area contributed by atoms with Gasteiger partial charge in [-0.1, -0.05) is 449 Å². The summed E-state index contributed by atoms with van der Waals surface area (Å²) in [5.41, 5.74) is 41.5. The van der Waals surface area contributed by atoms with Crippen molar-refractivity contribution >= 4 is 86.7 Å². The van der Waals surface area contributed by atoms with E-state index in [1.165, 1.54) is 254 Å². The number of fused-ring (bicyclic) bond motifs is 10. The van der Waals surface area contributed by atoms with E-state index in [2.05, 4.69) is 533 Å². The van der Waals surface area contributed by atoms with E-state index in [4.69, 9.17) is 0 Å². The average Bonchev–Trinajstić information content (AvgIpc) is 1.41. The zero-order valence-electron chi connectivity index (χ0n) is 75.8. The van der Waals surface area contributed by atoms with Gasteiger partial charge in [-0.05, 0) is 285 Å². The summed E-state index contributed by atoms with van der Waals surface area (Å²) >= 11 is 0. The molecule has 0 spiro atoms. The molecule has 0 aliphatic heterocycles. The average molecular weight is 1730 g/mol. The van der Waals surface area contributed by atoms with Crippen LogP contribution in [0.15, 0.2) is 510 Å². The van der Waals surface area contributed by atoms with Gasteiger partial charge < -0.3 is 9.13 Å². The third-order valence-electron chi connectivity index (χ3n) is 28.1. The van der Waals surface area contributed by atoms with E-state index in [0.717, 1.165) is 13.1 Å². The van der Waals surface area contributed by atoms with Gasteiger partial charge in [-0.15, -0.1) is 0 Å². The smallest absolute Gasteiger partial charge is 0.0491 e. The standard InChI is InChI=1S/C70H49N.C64H45N/c1-2-71-67-21-13-12-20-61(67)64-44-60(40-43-68(64)71)55-28-26-52(27-29-55)54-32-36-57(37-33-54)70-63-42-39-58(48-16-8-4-9-17-48)45-65(63)69(62-41-38-59(46-66(62)70)49-18-10-5-11-19-49)56-34-30-53(31-35-56)51-24-22-50(23-25-51)47-14-6-3-7-15-47;1-2-65-61-21-13-12-20-55(61)58-40-54(36-39-62(58)65)49-24-22-47(23-25-49)48-28-32-51(33-29-48)64-57-38-35-52(44-16-8-4-9-17-44)41-59(57)63(50-30-26-46(27-31-50)43-14-6-3-7-15-43)56-37-34-53(42-60(56)64)45-18-10-5-11-19-45/h3-46H,2H2,1H3;3-42H,2H2,1H3. The van der Waals surface area contributed by atoms with Gasteiger partial charge in [-0.25, -0.2) is 0 Å². The molecule has 0 saturated carbocycles. The van der Waals surface area contributed by atoms with Gasteiger partial charge in [-0.2, -0.15) is 0 Å². The van der Waals surface area contributed by atoms with Crippen molar-refractivity contribution in [1.29, 1.82) is 0 Å². The van der Waals surface area contributed by atoms with Crippen molar-refractivity contribution in [2.24, 2.45) is 0 Å². The molecule has 2 heteroatoms. The Kier molecular flexibility index (Phi) is 21.3. The molecule has 23 aromatic carbocycles. The van der Waals surface area contributed by atoms with Crippen molar-refractivity contribution in [3.63, 3.8) is 0 Å². The van der Waals surface area contributed by atoms with Crippen molar-refractivity contribution in [1.82, 2.24) is 9.13 Å². The molecule has 2 nitrogen and oxygen atoms in total. The monoisotopic (exact) mass is 1730 g/mol. The molecule has 0 aliphatic rings. The predicted molar refractivity (Wildman–Crippen MR) is 582 cm³/mol. The molecule has 0 N–H and O–H groups in total. The number of hydrogen-bond acceptors (Lipinski definition) is 0. The normalized spacial score (nSPS) is 11.5. The van der Waals surface area contributed by atoms with Crippen LogP contribution in [0.3, 0.4) is 0 Å². The minimum Gasteiger partial charge on any atom is -0.341 e. The van der Waals surface area contributed by atoms with Gasteiger partial charge in [0.15, 0.2) is 0 Å². The first-order valence-corrected chi connectivity index (χ1v) is 47.5. The minimum absolute atomic E-state index is 0.944. The Balaban J connectivity index is 0.000000149. The molecule has 2 heterocycles. The SMILES string of the molecule is CCn1c2ccccc2c2cc(-c3ccc(-c4ccc(-c5c6ccc(-c7ccccc7)cc6c(-c6ccc(-c7ccc(-c8ccccc8)cc7)cc6)c6ccc(-c7ccccc7)cc56)cc4)cc3)ccc21.CCn1c2ccccc2c2cc(-c3ccc(-c4ccc(-c5c6ccc(-c7ccccc7)cc6c(-c6ccc(-c7ccccc7)cc6)c6ccc(-c7ccccc7)cc56)cc4)cc3)ccc21. The van der Waals surface area contributed by atoms with Crippen molar-refractivity contribution in [3.05, 3.63) is 510 Å². The lowest BCUT2D eigenvalue weighted by atomic mass is 9.83. The molecule has 25 aromatic rings. The third kappa shape index (κ3) is 15.2. The molecule has 0 aliphatic carbocycles. The second-order valence-electron chi connectivity index (χ2n) is 35.8. The zero-order chi connectivity index (χ0) is 90.5. The van der Waals surface area contributed by atoms with E-state index >= 15 is 0 Å². The first kappa shape index (κ1) is 81.9. The van der Waals surface area contributed by atoms with Gasteiger partial charge >= 0.3 is 0 Å². The highest BCUT2D eigenvalue weighted by Gasteiger charge is 2.24. The van der Waals surface area contributed by atoms with Crippen molar-refractivity contribution < 1.29 is 0 Å². The van der Waals surface area contributed by atoms with Crippen LogP contribution in [0.4, 0.5) is 0 Å². The van der Waals surface area contributed by atoms with Crippen LogP contribution in [0.5, 0.6) is 0 Å². The Labute approximate surface area is 793 Å². The zero-order valence-corrected chi connectivity index (χ0v) is 75.8. The van der Waals surface area contributed by atoms with Crippen molar-refractivity contribution in [2.45, 2.75) is 26.9 Å². The summed E-state index contributed by atoms with van der Waals surface area (Å²) in [6, 6.07) is 188. The molecule has 640 valence electrons. The molecule has 0 radical (unpaired) electrons. The topological polar surface area (TPSA) is 9.86 Å². The Hall–Kier alpha value is -17.3. The van der Waals surface area contributed by atoms with Gasteiger partial charge in [0.1, 0.15) is 0 Å². The highest BCUT2D eigenvalue weighted by molar-refractivity contribution is 6.25. The van der Waals surface area contributed by atoms with Crippen molar-refractivity contribution in [3.8, 4) is 167 Å². The van der Waals surface area contributed by atoms with Gasteiger partial charge in [0.05, 0.1) is 0 Å². The highest BCUT2D eigenvalue weighted by atomic mass is 15.0. The summed E-state index contributed by atoms with van der Waals surface area (Å²) in [5, 5.41) is 15.1. The van der Waals surface area contributed by atoms with Crippen LogP contribution in [-0.2, 0) is 13.1 Å². The van der Waals surface area contributed by atoms with Gasteiger partial charge in [0, 0.05) is 56.7 Å². The van der Waals surface area contributed by atoms with E-state index in [0.29, 0.717) is 0 Å². The number of benzene rings is 23. The van der Waals surface area contributed by atoms with E-state index < -0.39 is 0 Å².